The summed E-state index contributed by atoms with van der Waals surface area (Å²) in [4.78, 5) is 13.0. The van der Waals surface area contributed by atoms with Crippen LogP contribution in [0.1, 0.15) is 55.4 Å². The van der Waals surface area contributed by atoms with E-state index in [-0.39, 0.29) is 56.7 Å². The standard InChI is InChI=1S/2C23H23BNO2.C11H8N.Ir/c2*1-22(2)23(3,4)27-24(26-22)20-13-11-17(12-14-20)18-8-7-9-19(16-18)21-10-5-6-15-25-21;1-2-6-10(7-3-1)11-8-4-5-9-12-11;/h2*5-8,10-16H,1-4H3;1-6,8-9H;/q3*-1;+3. The minimum atomic E-state index is -0.336. The molecule has 0 amide bonds. The Morgan fingerprint density at radius 3 is 1.03 bits per heavy atom. The summed E-state index contributed by atoms with van der Waals surface area (Å²) in [6.07, 6.45) is 5.39. The molecule has 7 nitrogen and oxygen atoms in total. The second-order valence-electron chi connectivity index (χ2n) is 18.3. The van der Waals surface area contributed by atoms with Gasteiger partial charge in [0.2, 0.25) is 0 Å². The van der Waals surface area contributed by atoms with Gasteiger partial charge in [0, 0.05) is 18.6 Å². The van der Waals surface area contributed by atoms with E-state index in [1.165, 1.54) is 0 Å². The third-order valence-corrected chi connectivity index (χ3v) is 12.7. The Morgan fingerprint density at radius 1 is 0.358 bits per heavy atom. The van der Waals surface area contributed by atoms with Gasteiger partial charge in [0.25, 0.3) is 0 Å². The average Bonchev–Trinajstić information content (AvgIpc) is 3.72. The van der Waals surface area contributed by atoms with Gasteiger partial charge in [-0.3, -0.25) is 0 Å². The fraction of sp³-hybridized carbons (Fsp3) is 0.211. The first-order valence-corrected chi connectivity index (χ1v) is 22.3. The smallest absolute Gasteiger partial charge is 0.399 e. The quantitative estimate of drug-likeness (QED) is 0.116. The summed E-state index contributed by atoms with van der Waals surface area (Å²) >= 11 is 0. The largest absolute Gasteiger partial charge is 3.00 e. The van der Waals surface area contributed by atoms with E-state index in [4.69, 9.17) is 18.6 Å². The number of pyridine rings is 3. The Kier molecular flexibility index (Phi) is 15.4. The Bertz CT molecular complexity index is 2590. The summed E-state index contributed by atoms with van der Waals surface area (Å²) < 4.78 is 24.5. The van der Waals surface area contributed by atoms with Crippen LogP contribution in [0, 0.1) is 18.2 Å². The number of nitrogens with zero attached hydrogens (tertiary/aromatic N) is 3. The molecule has 2 saturated heterocycles. The summed E-state index contributed by atoms with van der Waals surface area (Å²) in [5.74, 6) is 0. The molecular weight excluding hydrogens is 1000 g/mol. The molecular formula is C57H54B2IrN3O4. The van der Waals surface area contributed by atoms with E-state index < -0.39 is 0 Å². The third kappa shape index (κ3) is 11.7. The van der Waals surface area contributed by atoms with E-state index in [0.717, 1.165) is 67.0 Å². The van der Waals surface area contributed by atoms with Crippen LogP contribution in [0.5, 0.6) is 0 Å². The second kappa shape index (κ2) is 21.0. The topological polar surface area (TPSA) is 75.6 Å². The minimum absolute atomic E-state index is 0. The van der Waals surface area contributed by atoms with E-state index in [1.807, 2.05) is 91.0 Å². The van der Waals surface area contributed by atoms with Crippen LogP contribution in [-0.2, 0) is 38.7 Å². The summed E-state index contributed by atoms with van der Waals surface area (Å²) in [7, 11) is -0.672. The van der Waals surface area contributed by atoms with Gasteiger partial charge in [0.1, 0.15) is 0 Å². The van der Waals surface area contributed by atoms with Crippen molar-refractivity contribution in [2.24, 2.45) is 0 Å². The average molecular weight is 1060 g/mol. The van der Waals surface area contributed by atoms with Crippen molar-refractivity contribution in [1.29, 1.82) is 0 Å². The zero-order valence-corrected chi connectivity index (χ0v) is 41.7. The molecule has 2 aliphatic heterocycles. The van der Waals surface area contributed by atoms with Crippen LogP contribution >= 0.6 is 0 Å². The van der Waals surface area contributed by atoms with Crippen LogP contribution in [0.15, 0.2) is 182 Å². The van der Waals surface area contributed by atoms with Crippen LogP contribution in [0.3, 0.4) is 0 Å². The molecule has 0 N–H and O–H groups in total. The number of hydrogen-bond donors (Lipinski definition) is 0. The molecule has 8 aromatic rings. The Balaban J connectivity index is 0.000000158. The molecule has 3 aromatic heterocycles. The fourth-order valence-corrected chi connectivity index (χ4v) is 7.33. The molecule has 0 spiro atoms. The number of hydrogen-bond acceptors (Lipinski definition) is 7. The van der Waals surface area contributed by atoms with E-state index in [1.54, 1.807) is 18.6 Å². The van der Waals surface area contributed by atoms with Crippen LogP contribution in [0.4, 0.5) is 0 Å². The summed E-state index contributed by atoms with van der Waals surface area (Å²) in [6.45, 7) is 16.6. The van der Waals surface area contributed by atoms with Crippen molar-refractivity contribution in [3.05, 3.63) is 201 Å². The van der Waals surface area contributed by atoms with Crippen molar-refractivity contribution >= 4 is 25.2 Å². The molecule has 5 heterocycles. The molecule has 0 bridgehead atoms. The molecule has 336 valence electrons. The van der Waals surface area contributed by atoms with Gasteiger partial charge in [-0.25, -0.2) is 0 Å². The first-order valence-electron chi connectivity index (χ1n) is 22.3. The van der Waals surface area contributed by atoms with Crippen molar-refractivity contribution < 1.29 is 38.7 Å². The van der Waals surface area contributed by atoms with Gasteiger partial charge in [-0.15, -0.1) is 107 Å². The molecule has 2 fully saturated rings. The van der Waals surface area contributed by atoms with E-state index in [2.05, 4.69) is 161 Å². The van der Waals surface area contributed by atoms with Gasteiger partial charge < -0.3 is 33.6 Å². The number of rotatable bonds is 7. The maximum atomic E-state index is 6.14. The van der Waals surface area contributed by atoms with Crippen molar-refractivity contribution in [3.8, 4) is 56.0 Å². The van der Waals surface area contributed by atoms with Gasteiger partial charge >= 0.3 is 34.3 Å². The molecule has 0 radical (unpaired) electrons. The predicted octanol–water partition coefficient (Wildman–Crippen LogP) is 11.6. The van der Waals surface area contributed by atoms with Gasteiger partial charge in [0.15, 0.2) is 0 Å². The van der Waals surface area contributed by atoms with E-state index in [9.17, 15) is 0 Å². The Labute approximate surface area is 411 Å². The first kappa shape index (κ1) is 49.1. The van der Waals surface area contributed by atoms with Crippen LogP contribution in [0.2, 0.25) is 0 Å². The second-order valence-corrected chi connectivity index (χ2v) is 18.3. The Hall–Kier alpha value is -5.83. The van der Waals surface area contributed by atoms with Crippen LogP contribution in [0.25, 0.3) is 56.0 Å². The molecule has 10 heteroatoms. The fourth-order valence-electron chi connectivity index (χ4n) is 7.33. The molecule has 0 atom stereocenters. The van der Waals surface area contributed by atoms with Crippen LogP contribution in [-0.4, -0.2) is 51.6 Å². The minimum Gasteiger partial charge on any atom is -0.399 e. The van der Waals surface area contributed by atoms with Gasteiger partial charge in [-0.05, 0) is 113 Å². The SMILES string of the molecule is CC1(C)OB(c2ccc(-c3cc[c-]c(-c4ccccn4)c3)cc2)OC1(C)C.CC1(C)OB(c2ccc(-c3cc[c-]c(-c4ccccn4)c3)cc2)OC1(C)C.[Ir+3].[c-]1ccccc1-c1ccccn1. The monoisotopic (exact) mass is 1060 g/mol. The predicted molar refractivity (Wildman–Crippen MR) is 268 cm³/mol. The van der Waals surface area contributed by atoms with E-state index >= 15 is 0 Å². The maximum absolute atomic E-state index is 6.14. The first-order chi connectivity index (χ1) is 31.7. The number of aromatic nitrogens is 3. The zero-order valence-electron chi connectivity index (χ0n) is 39.3. The van der Waals surface area contributed by atoms with Gasteiger partial charge in [0.05, 0.1) is 22.4 Å². The molecule has 0 saturated carbocycles. The molecule has 0 aliphatic carbocycles. The molecule has 5 aromatic carbocycles. The summed E-state index contributed by atoms with van der Waals surface area (Å²) in [5, 5.41) is 0. The van der Waals surface area contributed by atoms with Gasteiger partial charge in [-0.1, -0.05) is 84.9 Å². The zero-order chi connectivity index (χ0) is 46.4. The molecule has 0 unspecified atom stereocenters. The third-order valence-electron chi connectivity index (χ3n) is 12.7. The molecule has 2 aliphatic rings. The van der Waals surface area contributed by atoms with Crippen molar-refractivity contribution in [3.63, 3.8) is 0 Å². The van der Waals surface area contributed by atoms with Gasteiger partial charge in [-0.2, -0.15) is 0 Å². The van der Waals surface area contributed by atoms with E-state index in [0.29, 0.717) is 0 Å². The number of benzene rings is 5. The molecule has 67 heavy (non-hydrogen) atoms. The molecule has 10 rings (SSSR count). The van der Waals surface area contributed by atoms with Crippen molar-refractivity contribution in [2.45, 2.75) is 77.8 Å². The maximum Gasteiger partial charge on any atom is 3.00 e. The van der Waals surface area contributed by atoms with Crippen molar-refractivity contribution in [2.75, 3.05) is 0 Å². The Morgan fingerprint density at radius 2 is 0.701 bits per heavy atom. The summed E-state index contributed by atoms with van der Waals surface area (Å²) in [6, 6.07) is 64.2. The van der Waals surface area contributed by atoms with Crippen molar-refractivity contribution in [1.82, 2.24) is 15.0 Å². The summed E-state index contributed by atoms with van der Waals surface area (Å²) in [5.41, 5.74) is 11.1. The normalized spacial score (nSPS) is 16.1. The van der Waals surface area contributed by atoms with Crippen LogP contribution < -0.4 is 10.9 Å².